The van der Waals surface area contributed by atoms with Gasteiger partial charge in [-0.2, -0.15) is 0 Å². The van der Waals surface area contributed by atoms with Gasteiger partial charge in [-0.1, -0.05) is 29.3 Å². The highest BCUT2D eigenvalue weighted by atomic mass is 35.5. The van der Waals surface area contributed by atoms with Crippen molar-refractivity contribution in [3.05, 3.63) is 69.5 Å². The van der Waals surface area contributed by atoms with Crippen LogP contribution in [0.25, 0.3) is 0 Å². The van der Waals surface area contributed by atoms with Crippen molar-refractivity contribution < 1.29 is 9.18 Å². The first-order chi connectivity index (χ1) is 8.49. The van der Waals surface area contributed by atoms with Crippen LogP contribution in [0.15, 0.2) is 36.4 Å². The topological polar surface area (TPSA) is 17.1 Å². The Labute approximate surface area is 110 Å². The van der Waals surface area contributed by atoms with Gasteiger partial charge in [0.2, 0.25) is 0 Å². The SMILES string of the molecule is Cc1ccc(C)c(C(=O)c2ccc(F)c(Cl)c2)c1. The molecule has 0 atom stereocenters. The van der Waals surface area contributed by atoms with Crippen molar-refractivity contribution >= 4 is 17.4 Å². The lowest BCUT2D eigenvalue weighted by Gasteiger charge is -2.07. The number of benzene rings is 2. The quantitative estimate of drug-likeness (QED) is 0.737. The van der Waals surface area contributed by atoms with Crippen LogP contribution in [0.4, 0.5) is 4.39 Å². The van der Waals surface area contributed by atoms with E-state index in [0.717, 1.165) is 11.1 Å². The van der Waals surface area contributed by atoms with Gasteiger partial charge in [0.05, 0.1) is 5.02 Å². The fourth-order valence-corrected chi connectivity index (χ4v) is 1.95. The fourth-order valence-electron chi connectivity index (χ4n) is 1.77. The molecular formula is C15H12ClFO. The Kier molecular flexibility index (Phi) is 3.48. The lowest BCUT2D eigenvalue weighted by atomic mass is 9.97. The Bertz CT molecular complexity index is 620. The highest BCUT2D eigenvalue weighted by Gasteiger charge is 2.13. The maximum Gasteiger partial charge on any atom is 0.193 e. The average molecular weight is 263 g/mol. The van der Waals surface area contributed by atoms with E-state index in [0.29, 0.717) is 11.1 Å². The molecule has 0 N–H and O–H groups in total. The van der Waals surface area contributed by atoms with E-state index in [1.165, 1.54) is 18.2 Å². The summed E-state index contributed by atoms with van der Waals surface area (Å²) in [5.41, 5.74) is 2.93. The van der Waals surface area contributed by atoms with Gasteiger partial charge in [-0.15, -0.1) is 0 Å². The van der Waals surface area contributed by atoms with Crippen molar-refractivity contribution in [1.29, 1.82) is 0 Å². The number of aryl methyl sites for hydroxylation is 2. The van der Waals surface area contributed by atoms with Crippen LogP contribution >= 0.6 is 11.6 Å². The average Bonchev–Trinajstić information content (AvgIpc) is 2.35. The normalized spacial score (nSPS) is 10.4. The molecule has 0 unspecified atom stereocenters. The number of hydrogen-bond donors (Lipinski definition) is 0. The van der Waals surface area contributed by atoms with Gasteiger partial charge in [-0.05, 0) is 43.7 Å². The highest BCUT2D eigenvalue weighted by molar-refractivity contribution is 6.31. The molecule has 0 aliphatic carbocycles. The molecular weight excluding hydrogens is 251 g/mol. The first-order valence-corrected chi connectivity index (χ1v) is 5.94. The van der Waals surface area contributed by atoms with E-state index in [1.54, 1.807) is 0 Å². The van der Waals surface area contributed by atoms with Crippen LogP contribution in [-0.2, 0) is 0 Å². The summed E-state index contributed by atoms with van der Waals surface area (Å²) < 4.78 is 13.1. The van der Waals surface area contributed by atoms with Crippen molar-refractivity contribution in [1.82, 2.24) is 0 Å². The van der Waals surface area contributed by atoms with Gasteiger partial charge in [-0.25, -0.2) is 4.39 Å². The van der Waals surface area contributed by atoms with Crippen LogP contribution in [0, 0.1) is 19.7 Å². The Morgan fingerprint density at radius 2 is 1.83 bits per heavy atom. The minimum atomic E-state index is -0.519. The first kappa shape index (κ1) is 12.8. The molecule has 0 aromatic heterocycles. The van der Waals surface area contributed by atoms with Crippen LogP contribution in [0.3, 0.4) is 0 Å². The molecule has 0 aliphatic rings. The van der Waals surface area contributed by atoms with Crippen molar-refractivity contribution in [3.8, 4) is 0 Å². The third-order valence-corrected chi connectivity index (χ3v) is 3.11. The summed E-state index contributed by atoms with van der Waals surface area (Å²) in [6.07, 6.45) is 0. The van der Waals surface area contributed by atoms with Gasteiger partial charge in [-0.3, -0.25) is 4.79 Å². The molecule has 0 radical (unpaired) electrons. The predicted octanol–water partition coefficient (Wildman–Crippen LogP) is 4.33. The monoisotopic (exact) mass is 262 g/mol. The van der Waals surface area contributed by atoms with Gasteiger partial charge in [0, 0.05) is 11.1 Å². The number of hydrogen-bond acceptors (Lipinski definition) is 1. The number of carbonyl (C=O) groups excluding carboxylic acids is 1. The van der Waals surface area contributed by atoms with E-state index in [1.807, 2.05) is 32.0 Å². The van der Waals surface area contributed by atoms with Crippen molar-refractivity contribution in [3.63, 3.8) is 0 Å². The van der Waals surface area contributed by atoms with Gasteiger partial charge < -0.3 is 0 Å². The zero-order chi connectivity index (χ0) is 13.3. The Balaban J connectivity index is 2.47. The second kappa shape index (κ2) is 4.91. The molecule has 1 nitrogen and oxygen atoms in total. The van der Waals surface area contributed by atoms with Gasteiger partial charge in [0.1, 0.15) is 5.82 Å². The third-order valence-electron chi connectivity index (χ3n) is 2.82. The van der Waals surface area contributed by atoms with Crippen molar-refractivity contribution in [2.75, 3.05) is 0 Å². The summed E-state index contributed by atoms with van der Waals surface area (Å²) in [6, 6.07) is 9.69. The maximum atomic E-state index is 13.1. The molecule has 92 valence electrons. The van der Waals surface area contributed by atoms with Gasteiger partial charge in [0.25, 0.3) is 0 Å². The predicted molar refractivity (Wildman–Crippen MR) is 70.8 cm³/mol. The Morgan fingerprint density at radius 1 is 1.11 bits per heavy atom. The van der Waals surface area contributed by atoms with E-state index in [9.17, 15) is 9.18 Å². The molecule has 0 amide bonds. The minimum Gasteiger partial charge on any atom is -0.289 e. The van der Waals surface area contributed by atoms with Crippen LogP contribution in [-0.4, -0.2) is 5.78 Å². The van der Waals surface area contributed by atoms with Gasteiger partial charge >= 0.3 is 0 Å². The smallest absolute Gasteiger partial charge is 0.193 e. The maximum absolute atomic E-state index is 13.1. The van der Waals surface area contributed by atoms with E-state index < -0.39 is 5.82 Å². The number of ketones is 1. The summed E-state index contributed by atoms with van der Waals surface area (Å²) in [6.45, 7) is 3.80. The van der Waals surface area contributed by atoms with Crippen LogP contribution in [0.1, 0.15) is 27.0 Å². The Morgan fingerprint density at radius 3 is 2.50 bits per heavy atom. The molecule has 0 saturated heterocycles. The van der Waals surface area contributed by atoms with Crippen LogP contribution in [0.5, 0.6) is 0 Å². The fraction of sp³-hybridized carbons (Fsp3) is 0.133. The lowest BCUT2D eigenvalue weighted by molar-refractivity contribution is 0.103. The van der Waals surface area contributed by atoms with E-state index >= 15 is 0 Å². The summed E-state index contributed by atoms with van der Waals surface area (Å²) in [5.74, 6) is -0.660. The molecule has 0 bridgehead atoms. The standard InChI is InChI=1S/C15H12ClFO/c1-9-3-4-10(2)12(7-9)15(18)11-5-6-14(17)13(16)8-11/h3-8H,1-2H3. The van der Waals surface area contributed by atoms with E-state index in [4.69, 9.17) is 11.6 Å². The molecule has 18 heavy (non-hydrogen) atoms. The zero-order valence-corrected chi connectivity index (χ0v) is 10.9. The molecule has 0 spiro atoms. The van der Waals surface area contributed by atoms with Crippen molar-refractivity contribution in [2.45, 2.75) is 13.8 Å². The number of rotatable bonds is 2. The zero-order valence-electron chi connectivity index (χ0n) is 10.1. The van der Waals surface area contributed by atoms with E-state index in [2.05, 4.69) is 0 Å². The molecule has 0 saturated carbocycles. The molecule has 3 heteroatoms. The molecule has 2 aromatic rings. The summed E-state index contributed by atoms with van der Waals surface area (Å²) >= 11 is 5.69. The van der Waals surface area contributed by atoms with Crippen LogP contribution < -0.4 is 0 Å². The summed E-state index contributed by atoms with van der Waals surface area (Å²) in [5, 5.41) is -0.0360. The number of carbonyl (C=O) groups is 1. The van der Waals surface area contributed by atoms with Crippen molar-refractivity contribution in [2.24, 2.45) is 0 Å². The van der Waals surface area contributed by atoms with Gasteiger partial charge in [0.15, 0.2) is 5.78 Å². The largest absolute Gasteiger partial charge is 0.289 e. The van der Waals surface area contributed by atoms with E-state index in [-0.39, 0.29) is 10.8 Å². The lowest BCUT2D eigenvalue weighted by Crippen LogP contribution is -2.04. The summed E-state index contributed by atoms with van der Waals surface area (Å²) in [4.78, 5) is 12.3. The van der Waals surface area contributed by atoms with Crippen LogP contribution in [0.2, 0.25) is 5.02 Å². The highest BCUT2D eigenvalue weighted by Crippen LogP contribution is 2.20. The third kappa shape index (κ3) is 2.44. The number of halogens is 2. The minimum absolute atomic E-state index is 0.0360. The second-order valence-corrected chi connectivity index (χ2v) is 4.68. The summed E-state index contributed by atoms with van der Waals surface area (Å²) in [7, 11) is 0. The molecule has 0 aliphatic heterocycles. The molecule has 2 aromatic carbocycles. The molecule has 0 heterocycles. The molecule has 2 rings (SSSR count). The first-order valence-electron chi connectivity index (χ1n) is 5.56. The Hall–Kier alpha value is -1.67. The second-order valence-electron chi connectivity index (χ2n) is 4.28. The molecule has 0 fully saturated rings.